The van der Waals surface area contributed by atoms with Gasteiger partial charge in [0.2, 0.25) is 11.7 Å². The van der Waals surface area contributed by atoms with Crippen molar-refractivity contribution in [3.63, 3.8) is 0 Å². The summed E-state index contributed by atoms with van der Waals surface area (Å²) in [7, 11) is 1.69. The highest BCUT2D eigenvalue weighted by Crippen LogP contribution is 2.23. The van der Waals surface area contributed by atoms with Gasteiger partial charge >= 0.3 is 0 Å². The number of aromatic nitrogens is 2. The van der Waals surface area contributed by atoms with Gasteiger partial charge in [-0.3, -0.25) is 0 Å². The van der Waals surface area contributed by atoms with Crippen LogP contribution in [0.4, 0.5) is 0 Å². The van der Waals surface area contributed by atoms with Crippen LogP contribution in [0.3, 0.4) is 0 Å². The first-order valence-electron chi connectivity index (χ1n) is 6.76. The molecule has 0 bridgehead atoms. The van der Waals surface area contributed by atoms with Gasteiger partial charge in [0.25, 0.3) is 0 Å². The van der Waals surface area contributed by atoms with Crippen LogP contribution in [0.15, 0.2) is 4.52 Å². The van der Waals surface area contributed by atoms with Crippen molar-refractivity contribution < 1.29 is 9.26 Å². The lowest BCUT2D eigenvalue weighted by Gasteiger charge is -2.20. The van der Waals surface area contributed by atoms with Crippen molar-refractivity contribution in [3.05, 3.63) is 11.7 Å². The average Bonchev–Trinajstić information content (AvgIpc) is 2.79. The number of piperidine rings is 1. The number of hydrogen-bond donors (Lipinski definition) is 1. The molecule has 0 aliphatic carbocycles. The summed E-state index contributed by atoms with van der Waals surface area (Å²) < 4.78 is 10.7. The van der Waals surface area contributed by atoms with E-state index in [1.165, 1.54) is 12.8 Å². The normalized spacial score (nSPS) is 22.3. The fourth-order valence-corrected chi connectivity index (χ4v) is 2.49. The lowest BCUT2D eigenvalue weighted by atomic mass is 9.96. The van der Waals surface area contributed by atoms with Crippen LogP contribution >= 0.6 is 0 Å². The number of nitrogens with one attached hydrogen (secondary N) is 1. The summed E-state index contributed by atoms with van der Waals surface area (Å²) >= 11 is 0. The van der Waals surface area contributed by atoms with Crippen molar-refractivity contribution in [2.75, 3.05) is 20.2 Å². The Hall–Kier alpha value is -0.940. The van der Waals surface area contributed by atoms with Gasteiger partial charge in [0.05, 0.1) is 0 Å². The molecule has 1 fully saturated rings. The Morgan fingerprint density at radius 3 is 2.94 bits per heavy atom. The van der Waals surface area contributed by atoms with Crippen molar-refractivity contribution >= 4 is 0 Å². The molecule has 0 amide bonds. The van der Waals surface area contributed by atoms with Crippen molar-refractivity contribution in [1.82, 2.24) is 15.5 Å². The SMILES string of the molecule is COC(c1noc(CC2CCCNC2)n1)C(C)C. The third-order valence-corrected chi connectivity index (χ3v) is 3.46. The summed E-state index contributed by atoms with van der Waals surface area (Å²) in [6.07, 6.45) is 3.27. The van der Waals surface area contributed by atoms with E-state index in [0.717, 1.165) is 25.4 Å². The van der Waals surface area contributed by atoms with Crippen LogP contribution < -0.4 is 5.32 Å². The van der Waals surface area contributed by atoms with Crippen LogP contribution in [0.25, 0.3) is 0 Å². The fraction of sp³-hybridized carbons (Fsp3) is 0.846. The van der Waals surface area contributed by atoms with Gasteiger partial charge in [-0.2, -0.15) is 4.98 Å². The molecular weight excluding hydrogens is 230 g/mol. The van der Waals surface area contributed by atoms with Gasteiger partial charge in [-0.25, -0.2) is 0 Å². The minimum absolute atomic E-state index is 0.0769. The van der Waals surface area contributed by atoms with Gasteiger partial charge in [-0.1, -0.05) is 19.0 Å². The van der Waals surface area contributed by atoms with Crippen LogP contribution in [0.2, 0.25) is 0 Å². The molecule has 5 nitrogen and oxygen atoms in total. The summed E-state index contributed by atoms with van der Waals surface area (Å²) in [5.74, 6) is 2.37. The van der Waals surface area contributed by atoms with Crippen molar-refractivity contribution in [2.45, 2.75) is 39.2 Å². The van der Waals surface area contributed by atoms with E-state index in [9.17, 15) is 0 Å². The van der Waals surface area contributed by atoms with E-state index >= 15 is 0 Å². The molecule has 1 aromatic rings. The Morgan fingerprint density at radius 2 is 2.33 bits per heavy atom. The highest BCUT2D eigenvalue weighted by Gasteiger charge is 2.23. The molecule has 102 valence electrons. The van der Waals surface area contributed by atoms with E-state index in [2.05, 4.69) is 29.3 Å². The zero-order valence-corrected chi connectivity index (χ0v) is 11.5. The molecule has 1 aliphatic rings. The standard InChI is InChI=1S/C13H23N3O2/c1-9(2)12(17-3)13-15-11(18-16-13)7-10-5-4-6-14-8-10/h9-10,12,14H,4-8H2,1-3H3. The number of hydrogen-bond acceptors (Lipinski definition) is 5. The van der Waals surface area contributed by atoms with Gasteiger partial charge in [-0.05, 0) is 37.8 Å². The maximum atomic E-state index is 5.40. The minimum atomic E-state index is -0.0769. The van der Waals surface area contributed by atoms with Gasteiger partial charge in [0.1, 0.15) is 6.10 Å². The molecule has 1 aromatic heterocycles. The Morgan fingerprint density at radius 1 is 1.50 bits per heavy atom. The molecule has 0 radical (unpaired) electrons. The minimum Gasteiger partial charge on any atom is -0.373 e. The van der Waals surface area contributed by atoms with E-state index in [1.807, 2.05) is 0 Å². The maximum Gasteiger partial charge on any atom is 0.227 e. The predicted octanol–water partition coefficient (Wildman–Crippen LogP) is 1.96. The second-order valence-electron chi connectivity index (χ2n) is 5.36. The van der Waals surface area contributed by atoms with Gasteiger partial charge in [0.15, 0.2) is 0 Å². The average molecular weight is 253 g/mol. The molecule has 2 atom stereocenters. The van der Waals surface area contributed by atoms with Crippen molar-refractivity contribution in [1.29, 1.82) is 0 Å². The molecule has 2 heterocycles. The molecule has 0 saturated carbocycles. The first kappa shape index (κ1) is 13.5. The highest BCUT2D eigenvalue weighted by atomic mass is 16.5. The topological polar surface area (TPSA) is 60.2 Å². The Kier molecular flexibility index (Phi) is 4.72. The zero-order valence-electron chi connectivity index (χ0n) is 11.5. The number of methoxy groups -OCH3 is 1. The van der Waals surface area contributed by atoms with E-state index < -0.39 is 0 Å². The summed E-state index contributed by atoms with van der Waals surface area (Å²) in [6, 6.07) is 0. The molecule has 1 N–H and O–H groups in total. The molecular formula is C13H23N3O2. The van der Waals surface area contributed by atoms with Crippen LogP contribution in [-0.4, -0.2) is 30.3 Å². The largest absolute Gasteiger partial charge is 0.373 e. The van der Waals surface area contributed by atoms with Crippen molar-refractivity contribution in [2.24, 2.45) is 11.8 Å². The fourth-order valence-electron chi connectivity index (χ4n) is 2.49. The first-order valence-corrected chi connectivity index (χ1v) is 6.76. The Labute approximate surface area is 108 Å². The van der Waals surface area contributed by atoms with Gasteiger partial charge in [0, 0.05) is 13.5 Å². The molecule has 18 heavy (non-hydrogen) atoms. The maximum absolute atomic E-state index is 5.40. The third-order valence-electron chi connectivity index (χ3n) is 3.46. The smallest absolute Gasteiger partial charge is 0.227 e. The second-order valence-corrected chi connectivity index (χ2v) is 5.36. The summed E-state index contributed by atoms with van der Waals surface area (Å²) in [4.78, 5) is 4.47. The summed E-state index contributed by atoms with van der Waals surface area (Å²) in [6.45, 7) is 6.37. The Bertz CT molecular complexity index is 359. The molecule has 1 saturated heterocycles. The first-order chi connectivity index (χ1) is 8.70. The monoisotopic (exact) mass is 253 g/mol. The second kappa shape index (κ2) is 6.29. The van der Waals surface area contributed by atoms with Gasteiger partial charge < -0.3 is 14.6 Å². The quantitative estimate of drug-likeness (QED) is 0.869. The molecule has 2 rings (SSSR count). The molecule has 2 unspecified atom stereocenters. The van der Waals surface area contributed by atoms with Crippen LogP contribution in [0.5, 0.6) is 0 Å². The molecule has 0 spiro atoms. The molecule has 5 heteroatoms. The summed E-state index contributed by atoms with van der Waals surface area (Å²) in [5.41, 5.74) is 0. The van der Waals surface area contributed by atoms with E-state index in [-0.39, 0.29) is 6.10 Å². The Balaban J connectivity index is 1.96. The third kappa shape index (κ3) is 3.29. The van der Waals surface area contributed by atoms with Crippen molar-refractivity contribution in [3.8, 4) is 0 Å². The molecule has 0 aromatic carbocycles. The number of ether oxygens (including phenoxy) is 1. The lowest BCUT2D eigenvalue weighted by Crippen LogP contribution is -2.30. The molecule has 1 aliphatic heterocycles. The van der Waals surface area contributed by atoms with Crippen LogP contribution in [0, 0.1) is 11.8 Å². The number of nitrogens with zero attached hydrogens (tertiary/aromatic N) is 2. The predicted molar refractivity (Wildman–Crippen MR) is 68.2 cm³/mol. The zero-order chi connectivity index (χ0) is 13.0. The van der Waals surface area contributed by atoms with Gasteiger partial charge in [-0.15, -0.1) is 0 Å². The van der Waals surface area contributed by atoms with E-state index in [4.69, 9.17) is 9.26 Å². The lowest BCUT2D eigenvalue weighted by molar-refractivity contribution is 0.0555. The van der Waals surface area contributed by atoms with E-state index in [0.29, 0.717) is 17.7 Å². The highest BCUT2D eigenvalue weighted by molar-refractivity contribution is 4.94. The van der Waals surface area contributed by atoms with Crippen LogP contribution in [-0.2, 0) is 11.2 Å². The summed E-state index contributed by atoms with van der Waals surface area (Å²) in [5, 5.41) is 7.44. The van der Waals surface area contributed by atoms with E-state index in [1.54, 1.807) is 7.11 Å². The number of rotatable bonds is 5. The van der Waals surface area contributed by atoms with Crippen LogP contribution in [0.1, 0.15) is 44.5 Å².